The van der Waals surface area contributed by atoms with Crippen molar-refractivity contribution in [2.45, 2.75) is 199 Å². The molecule has 0 bridgehead atoms. The summed E-state index contributed by atoms with van der Waals surface area (Å²) in [7, 11) is 1.57. The molecule has 10 N–H and O–H groups in total. The number of alkyl carbamates (subject to hydrolysis) is 1. The van der Waals surface area contributed by atoms with E-state index in [-0.39, 0.29) is 93.3 Å². The van der Waals surface area contributed by atoms with Crippen LogP contribution in [0.3, 0.4) is 0 Å². The lowest BCUT2D eigenvalue weighted by Crippen LogP contribution is -2.55. The average Bonchev–Trinajstić information content (AvgIpc) is 1.62. The van der Waals surface area contributed by atoms with E-state index in [1.807, 2.05) is 65.9 Å². The van der Waals surface area contributed by atoms with Crippen LogP contribution in [0.1, 0.15) is 148 Å². The number of ketones is 3. The predicted molar refractivity (Wildman–Crippen MR) is 456 cm³/mol. The molecule has 0 radical (unpaired) electrons. The fourth-order valence-corrected chi connectivity index (χ4v) is 15.8. The molecular formula is C89H129N11O23. The Morgan fingerprint density at radius 2 is 1.38 bits per heavy atom. The molecule has 3 fully saturated rings. The summed E-state index contributed by atoms with van der Waals surface area (Å²) in [6.07, 6.45) is 14.3. The van der Waals surface area contributed by atoms with Gasteiger partial charge in [0.2, 0.25) is 11.7 Å². The van der Waals surface area contributed by atoms with Gasteiger partial charge in [0.15, 0.2) is 29.2 Å². The number of nitrogens with zero attached hydrogens (tertiary/aromatic N) is 7. The zero-order valence-electron chi connectivity index (χ0n) is 72.2. The monoisotopic (exact) mass is 1720 g/mol. The number of aromatic nitrogens is 5. The summed E-state index contributed by atoms with van der Waals surface area (Å²) in [6, 6.07) is 11.3. The van der Waals surface area contributed by atoms with Crippen molar-refractivity contribution in [3.05, 3.63) is 107 Å². The van der Waals surface area contributed by atoms with Gasteiger partial charge in [-0.1, -0.05) is 75.4 Å². The highest BCUT2D eigenvalue weighted by Gasteiger charge is 2.47. The first-order chi connectivity index (χ1) is 59.4. The molecule has 1 unspecified atom stereocenters. The molecule has 1 saturated carbocycles. The third-order valence-electron chi connectivity index (χ3n) is 22.7. The summed E-state index contributed by atoms with van der Waals surface area (Å²) in [5.74, 6) is -5.88. The number of anilines is 2. The summed E-state index contributed by atoms with van der Waals surface area (Å²) < 4.78 is 75.2. The van der Waals surface area contributed by atoms with Gasteiger partial charge >= 0.3 is 6.09 Å². The predicted octanol–water partition coefficient (Wildman–Crippen LogP) is 7.60. The maximum atomic E-state index is 14.1. The van der Waals surface area contributed by atoms with Crippen LogP contribution in [0.4, 0.5) is 16.6 Å². The topological polar surface area (TPSA) is 457 Å². The molecule has 3 aliphatic heterocycles. The Morgan fingerprint density at radius 3 is 2.03 bits per heavy atom. The van der Waals surface area contributed by atoms with Crippen molar-refractivity contribution >= 4 is 75.7 Å². The summed E-state index contributed by atoms with van der Waals surface area (Å²) in [5.41, 5.74) is 26.3. The molecule has 2 aromatic carbocycles. The van der Waals surface area contributed by atoms with Gasteiger partial charge in [0, 0.05) is 82.5 Å². The molecule has 5 aromatic rings. The van der Waals surface area contributed by atoms with Gasteiger partial charge < -0.3 is 109 Å². The molecule has 34 heteroatoms. The highest BCUT2D eigenvalue weighted by molar-refractivity contribution is 6.38. The van der Waals surface area contributed by atoms with Crippen molar-refractivity contribution in [2.75, 3.05) is 150 Å². The van der Waals surface area contributed by atoms with Gasteiger partial charge in [-0.05, 0) is 149 Å². The van der Waals surface area contributed by atoms with Crippen LogP contribution in [-0.4, -0.2) is 279 Å². The lowest BCUT2D eigenvalue weighted by Gasteiger charge is -2.38. The average molecular weight is 1720 g/mol. The van der Waals surface area contributed by atoms with Crippen LogP contribution in [0.5, 0.6) is 0 Å². The molecule has 34 nitrogen and oxygen atoms in total. The smallest absolute Gasteiger partial charge is 0.407 e. The Labute approximate surface area is 719 Å². The number of hydrogen-bond donors (Lipinski definition) is 7. The summed E-state index contributed by atoms with van der Waals surface area (Å²) in [4.78, 5) is 109. The number of carbonyl (C=O) groups excluding carboxylic acids is 7. The van der Waals surface area contributed by atoms with E-state index < -0.39 is 77.8 Å². The number of allylic oxidation sites excluding steroid dienone is 6. The van der Waals surface area contributed by atoms with E-state index in [9.17, 15) is 48.9 Å². The number of likely N-dealkylation sites (tertiary alicyclic amines) is 1. The number of Topliss-reactive ketones (excluding diaryl/α,β-unsaturated/α-hetero) is 3. The first-order valence-electron chi connectivity index (χ1n) is 43.2. The Kier molecular flexibility index (Phi) is 41.1. The summed E-state index contributed by atoms with van der Waals surface area (Å²) in [5, 5.41) is 41.2. The minimum Gasteiger partial charge on any atom is -0.462 e. The van der Waals surface area contributed by atoms with Gasteiger partial charge in [0.25, 0.3) is 24.2 Å². The maximum Gasteiger partial charge on any atom is 0.407 e. The van der Waals surface area contributed by atoms with Crippen molar-refractivity contribution in [3.8, 4) is 11.3 Å². The van der Waals surface area contributed by atoms with Gasteiger partial charge in [0.05, 0.1) is 142 Å². The van der Waals surface area contributed by atoms with Gasteiger partial charge in [0.1, 0.15) is 35.2 Å². The SMILES string of the molecule is CO[C@@H](C[C@@H]1CCC[C@](O)(C(=O)C(=O)N2CCCCC2)O1)/C(C)=C/C=C/C=C/[C@@H](C)CC(C)C(=O)[C@H](O)[C@H](OC(=O)NCCOCCOCCOCCOCCOCCOCCOCCOCCC(=O)N1CCc2cc(Cn3nc(-c4ccc5oc(N)nc5c4)c4c(N)ncnc43)ccc2C1)/C(C)=C/[C@@H](C)C(=O)C[C@H](OC=O)[C@H](N)C[C@H]1CC[C@H](O)CC1. The molecular weight excluding hydrogens is 1590 g/mol. The van der Waals surface area contributed by atoms with E-state index in [4.69, 9.17) is 83.6 Å². The number of nitrogens with two attached hydrogens (primary N) is 3. The number of ether oxygens (including phenoxy) is 12. The largest absolute Gasteiger partial charge is 0.462 e. The second kappa shape index (κ2) is 51.6. The van der Waals surface area contributed by atoms with E-state index in [2.05, 4.69) is 38.5 Å². The summed E-state index contributed by atoms with van der Waals surface area (Å²) >= 11 is 0. The number of carbonyl (C=O) groups is 7. The molecule has 3 aromatic heterocycles. The van der Waals surface area contributed by atoms with Crippen LogP contribution in [0, 0.1) is 23.7 Å². The van der Waals surface area contributed by atoms with Crippen molar-refractivity contribution in [3.63, 3.8) is 0 Å². The zero-order valence-corrected chi connectivity index (χ0v) is 72.2. The maximum absolute atomic E-state index is 14.1. The molecule has 2 saturated heterocycles. The van der Waals surface area contributed by atoms with Crippen LogP contribution < -0.4 is 22.5 Å². The lowest BCUT2D eigenvalue weighted by molar-refractivity contribution is -0.244. The van der Waals surface area contributed by atoms with Crippen molar-refractivity contribution in [1.82, 2.24) is 39.8 Å². The Morgan fingerprint density at radius 1 is 0.732 bits per heavy atom. The fourth-order valence-electron chi connectivity index (χ4n) is 15.8. The first-order valence-corrected chi connectivity index (χ1v) is 43.2. The molecule has 10 atom stereocenters. The number of aliphatic hydroxyl groups excluding tert-OH is 2. The van der Waals surface area contributed by atoms with E-state index in [0.29, 0.717) is 197 Å². The molecule has 9 rings (SSSR count). The number of hydrogen-bond acceptors (Lipinski definition) is 30. The number of benzene rings is 2. The van der Waals surface area contributed by atoms with Crippen molar-refractivity contribution < 1.29 is 110 Å². The number of rotatable bonds is 55. The highest BCUT2D eigenvalue weighted by Crippen LogP contribution is 2.36. The number of amides is 3. The standard InChI is InChI=1S/C89H129N11O23/c1-59(14-9-7-10-15-60(2)75(111-6)53-70-16-13-27-89(110,123-70)83(107)86(108)98-29-11-8-12-30-98)48-62(4)80(105)81(106)82(63(5)49-61(3)73(103)54-76(120-58-101)71(90)51-64-18-22-69(102)23-19-64)122-88(109)93-28-33-113-35-37-115-39-41-117-43-45-119-47-46-118-44-42-116-40-38-114-36-34-112-32-26-77(104)99-31-25-66-50-65(17-20-68(66)56-99)55-100-85-78(84(91)94-57-95-85)79(97-100)67-21-24-74-72(52-67)96-87(92)121-74/h7,9-10,14-15,17,20-21,24,49-50,52,57-59,61-62,64,69-71,75-76,81-82,102,106,110H,8,11-13,16,18-19,22-23,25-48,51,53-56,90H2,1-6H3,(H2,92,96)(H,93,109)(H2,91,94,95)/b10-7+,14-9+,60-15+,63-49+/t59-,61-,62?,64-,69-,70+,71-,75+,76+,81+,82-,89-/m1/s1. The van der Waals surface area contributed by atoms with Gasteiger partial charge in [-0.15, -0.1) is 0 Å². The number of nitrogens with one attached hydrogen (secondary N) is 1. The van der Waals surface area contributed by atoms with Crippen molar-refractivity contribution in [2.24, 2.45) is 29.4 Å². The van der Waals surface area contributed by atoms with E-state index in [1.165, 1.54) is 22.9 Å². The molecule has 0 spiro atoms. The molecule has 678 valence electrons. The van der Waals surface area contributed by atoms with Gasteiger partial charge in [-0.2, -0.15) is 10.1 Å². The normalized spacial score (nSPS) is 20.0. The molecule has 123 heavy (non-hydrogen) atoms. The van der Waals surface area contributed by atoms with Crippen LogP contribution in [0.25, 0.3) is 33.4 Å². The number of oxazole rings is 1. The van der Waals surface area contributed by atoms with Gasteiger partial charge in [-0.25, -0.2) is 19.4 Å². The molecule has 6 heterocycles. The molecule has 1 aliphatic carbocycles. The minimum atomic E-state index is -2.18. The Hall–Kier alpha value is -8.85. The fraction of sp³-hybridized carbons (Fsp3) is 0.629. The van der Waals surface area contributed by atoms with Crippen LogP contribution >= 0.6 is 0 Å². The molecule has 3 amide bonds. The highest BCUT2D eigenvalue weighted by atomic mass is 16.6. The summed E-state index contributed by atoms with van der Waals surface area (Å²) in [6.45, 7) is 16.8. The lowest BCUT2D eigenvalue weighted by atomic mass is 9.82. The van der Waals surface area contributed by atoms with Crippen LogP contribution in [0.2, 0.25) is 0 Å². The third-order valence-corrected chi connectivity index (χ3v) is 22.7. The number of nitrogen functional groups attached to an aromatic ring is 2. The number of fused-ring (bicyclic) bond motifs is 3. The van der Waals surface area contributed by atoms with Crippen LogP contribution in [0.15, 0.2) is 94.7 Å². The number of aliphatic hydroxyl groups is 3. The van der Waals surface area contributed by atoms with Crippen molar-refractivity contribution in [1.29, 1.82) is 0 Å². The number of methoxy groups -OCH3 is 1. The zero-order chi connectivity index (χ0) is 88.1. The van der Waals surface area contributed by atoms with E-state index in [0.717, 1.165) is 60.8 Å². The molecule has 4 aliphatic rings. The van der Waals surface area contributed by atoms with E-state index >= 15 is 0 Å². The number of piperidine rings is 1. The second-order valence-corrected chi connectivity index (χ2v) is 32.2. The quantitative estimate of drug-likeness (QED) is 0.00647. The van der Waals surface area contributed by atoms with Gasteiger partial charge in [-0.3, -0.25) is 28.8 Å². The Bertz CT molecular complexity index is 4290. The van der Waals surface area contributed by atoms with Crippen LogP contribution in [-0.2, 0) is 105 Å². The second-order valence-electron chi connectivity index (χ2n) is 32.2. The third kappa shape index (κ3) is 31.4. The minimum absolute atomic E-state index is 0.0119. The van der Waals surface area contributed by atoms with E-state index in [1.54, 1.807) is 33.9 Å². The Balaban J connectivity index is 0.587. The first kappa shape index (κ1) is 97.9.